The molecule has 4 aromatic rings. The number of piperidine rings is 1. The van der Waals surface area contributed by atoms with Gasteiger partial charge in [0.05, 0.1) is 20.9 Å². The third-order valence-corrected chi connectivity index (χ3v) is 6.75. The highest BCUT2D eigenvalue weighted by molar-refractivity contribution is 7.18. The van der Waals surface area contributed by atoms with Crippen molar-refractivity contribution in [2.24, 2.45) is 0 Å². The predicted octanol–water partition coefficient (Wildman–Crippen LogP) is 4.81. The number of aryl methyl sites for hydroxylation is 1. The Morgan fingerprint density at radius 2 is 1.76 bits per heavy atom. The second kappa shape index (κ2) is 7.44. The van der Waals surface area contributed by atoms with E-state index in [4.69, 9.17) is 4.98 Å². The van der Waals surface area contributed by atoms with Crippen molar-refractivity contribution in [3.8, 4) is 5.69 Å². The van der Waals surface area contributed by atoms with E-state index in [0.717, 1.165) is 42.8 Å². The number of aromatic nitrogens is 3. The summed E-state index contributed by atoms with van der Waals surface area (Å²) in [5.41, 5.74) is 3.53. The highest BCUT2D eigenvalue weighted by Gasteiger charge is 2.28. The van der Waals surface area contributed by atoms with Crippen molar-refractivity contribution in [2.45, 2.75) is 25.7 Å². The number of thiazole rings is 1. The number of amides is 1. The fourth-order valence-electron chi connectivity index (χ4n) is 3.97. The summed E-state index contributed by atoms with van der Waals surface area (Å²) in [6.45, 7) is 3.48. The molecular formula is C23H22N4OS. The van der Waals surface area contributed by atoms with Gasteiger partial charge in [-0.15, -0.1) is 11.3 Å². The third-order valence-electron chi connectivity index (χ3n) is 5.55. The molecule has 0 saturated carbocycles. The van der Waals surface area contributed by atoms with Crippen LogP contribution in [0.25, 0.3) is 15.9 Å². The molecule has 1 amide bonds. The van der Waals surface area contributed by atoms with Gasteiger partial charge in [0, 0.05) is 24.7 Å². The molecule has 0 aliphatic carbocycles. The zero-order valence-corrected chi connectivity index (χ0v) is 17.1. The molecule has 2 aromatic heterocycles. The smallest absolute Gasteiger partial charge is 0.274 e. The molecular weight excluding hydrogens is 380 g/mol. The quantitative estimate of drug-likeness (QED) is 0.494. The van der Waals surface area contributed by atoms with Crippen molar-refractivity contribution in [1.29, 1.82) is 0 Å². The number of rotatable bonds is 3. The number of nitrogens with zero attached hydrogens (tertiary/aromatic N) is 4. The van der Waals surface area contributed by atoms with E-state index < -0.39 is 0 Å². The average Bonchev–Trinajstić information content (AvgIpc) is 3.37. The van der Waals surface area contributed by atoms with Gasteiger partial charge in [0.1, 0.15) is 0 Å². The minimum absolute atomic E-state index is 0.0190. The molecule has 0 spiro atoms. The highest BCUT2D eigenvalue weighted by atomic mass is 32.1. The van der Waals surface area contributed by atoms with Crippen LogP contribution in [0, 0.1) is 6.92 Å². The van der Waals surface area contributed by atoms with E-state index in [1.54, 1.807) is 11.3 Å². The zero-order chi connectivity index (χ0) is 19.8. The van der Waals surface area contributed by atoms with Crippen LogP contribution in [0.15, 0.2) is 60.7 Å². The Bertz CT molecular complexity index is 1120. The summed E-state index contributed by atoms with van der Waals surface area (Å²) in [6, 6.07) is 20.1. The van der Waals surface area contributed by atoms with E-state index in [2.05, 4.69) is 23.3 Å². The fraction of sp³-hybridized carbons (Fsp3) is 0.261. The Kier molecular flexibility index (Phi) is 4.64. The monoisotopic (exact) mass is 402 g/mol. The molecule has 3 heterocycles. The summed E-state index contributed by atoms with van der Waals surface area (Å²) in [4.78, 5) is 19.8. The molecule has 0 unspecified atom stereocenters. The Balaban J connectivity index is 1.29. The van der Waals surface area contributed by atoms with Gasteiger partial charge in [-0.2, -0.15) is 5.10 Å². The first kappa shape index (κ1) is 18.1. The second-order valence-corrected chi connectivity index (χ2v) is 8.57. The molecule has 6 heteroatoms. The molecule has 1 aliphatic heterocycles. The van der Waals surface area contributed by atoms with Crippen LogP contribution in [0.4, 0.5) is 0 Å². The molecule has 5 nitrogen and oxygen atoms in total. The standard InChI is InChI=1S/C23H22N4OS/c1-16-15-20(25-27(16)18-7-3-2-4-8-18)23(28)26-13-11-17(12-14-26)22-24-19-9-5-6-10-21(19)29-22/h2-10,15,17H,11-14H2,1H3. The lowest BCUT2D eigenvalue weighted by molar-refractivity contribution is 0.0706. The zero-order valence-electron chi connectivity index (χ0n) is 16.3. The molecule has 5 rings (SSSR count). The number of benzene rings is 2. The summed E-state index contributed by atoms with van der Waals surface area (Å²) in [7, 11) is 0. The molecule has 0 N–H and O–H groups in total. The molecule has 0 radical (unpaired) electrons. The third kappa shape index (κ3) is 3.44. The molecule has 1 saturated heterocycles. The van der Waals surface area contributed by atoms with Gasteiger partial charge in [0.25, 0.3) is 5.91 Å². The van der Waals surface area contributed by atoms with Crippen molar-refractivity contribution >= 4 is 27.5 Å². The average molecular weight is 403 g/mol. The number of hydrogen-bond donors (Lipinski definition) is 0. The van der Waals surface area contributed by atoms with E-state index in [1.807, 2.05) is 59.0 Å². The van der Waals surface area contributed by atoms with Gasteiger partial charge in [-0.05, 0) is 50.1 Å². The van der Waals surface area contributed by atoms with Gasteiger partial charge in [0.15, 0.2) is 5.69 Å². The largest absolute Gasteiger partial charge is 0.337 e. The predicted molar refractivity (Wildman–Crippen MR) is 116 cm³/mol. The van der Waals surface area contributed by atoms with Gasteiger partial charge >= 0.3 is 0 Å². The Labute approximate surface area is 173 Å². The van der Waals surface area contributed by atoms with Gasteiger partial charge in [-0.3, -0.25) is 4.79 Å². The molecule has 1 fully saturated rings. The lowest BCUT2D eigenvalue weighted by Crippen LogP contribution is -2.38. The van der Waals surface area contributed by atoms with Crippen molar-refractivity contribution in [1.82, 2.24) is 19.7 Å². The minimum Gasteiger partial charge on any atom is -0.337 e. The second-order valence-electron chi connectivity index (χ2n) is 7.50. The minimum atomic E-state index is 0.0190. The maximum Gasteiger partial charge on any atom is 0.274 e. The molecule has 2 aromatic carbocycles. The first-order valence-corrected chi connectivity index (χ1v) is 10.8. The van der Waals surface area contributed by atoms with Crippen LogP contribution in [-0.4, -0.2) is 38.7 Å². The van der Waals surface area contributed by atoms with E-state index in [0.29, 0.717) is 11.6 Å². The number of carbonyl (C=O) groups is 1. The normalized spacial score (nSPS) is 15.1. The lowest BCUT2D eigenvalue weighted by Gasteiger charge is -2.30. The number of fused-ring (bicyclic) bond motifs is 1. The van der Waals surface area contributed by atoms with Gasteiger partial charge in [-0.1, -0.05) is 30.3 Å². The first-order chi connectivity index (χ1) is 14.2. The SMILES string of the molecule is Cc1cc(C(=O)N2CCC(c3nc4ccccc4s3)CC2)nn1-c1ccccc1. The Morgan fingerprint density at radius 3 is 2.52 bits per heavy atom. The van der Waals surface area contributed by atoms with Crippen LogP contribution in [0.3, 0.4) is 0 Å². The molecule has 1 aliphatic rings. The van der Waals surface area contributed by atoms with Crippen LogP contribution < -0.4 is 0 Å². The van der Waals surface area contributed by atoms with E-state index in [-0.39, 0.29) is 5.91 Å². The summed E-state index contributed by atoms with van der Waals surface area (Å²) in [6.07, 6.45) is 1.90. The summed E-state index contributed by atoms with van der Waals surface area (Å²) in [5.74, 6) is 0.450. The van der Waals surface area contributed by atoms with Gasteiger partial charge < -0.3 is 4.90 Å². The topological polar surface area (TPSA) is 51.0 Å². The van der Waals surface area contributed by atoms with Crippen LogP contribution in [0.2, 0.25) is 0 Å². The Hall–Kier alpha value is -2.99. The molecule has 0 bridgehead atoms. The molecule has 29 heavy (non-hydrogen) atoms. The maximum atomic E-state index is 13.0. The van der Waals surface area contributed by atoms with E-state index >= 15 is 0 Å². The van der Waals surface area contributed by atoms with E-state index in [9.17, 15) is 4.79 Å². The van der Waals surface area contributed by atoms with Crippen LogP contribution >= 0.6 is 11.3 Å². The summed E-state index contributed by atoms with van der Waals surface area (Å²) in [5, 5.41) is 5.77. The van der Waals surface area contributed by atoms with Crippen LogP contribution in [-0.2, 0) is 0 Å². The number of carbonyl (C=O) groups excluding carboxylic acids is 1. The van der Waals surface area contributed by atoms with Crippen molar-refractivity contribution in [3.05, 3.63) is 77.1 Å². The lowest BCUT2D eigenvalue weighted by atomic mass is 9.97. The fourth-order valence-corrected chi connectivity index (χ4v) is 5.10. The number of hydrogen-bond acceptors (Lipinski definition) is 4. The van der Waals surface area contributed by atoms with Crippen molar-refractivity contribution in [3.63, 3.8) is 0 Å². The van der Waals surface area contributed by atoms with Gasteiger partial charge in [0.2, 0.25) is 0 Å². The molecule has 0 atom stereocenters. The van der Waals surface area contributed by atoms with Gasteiger partial charge in [-0.25, -0.2) is 9.67 Å². The first-order valence-electron chi connectivity index (χ1n) is 9.96. The van der Waals surface area contributed by atoms with Crippen LogP contribution in [0.5, 0.6) is 0 Å². The number of para-hydroxylation sites is 2. The maximum absolute atomic E-state index is 13.0. The van der Waals surface area contributed by atoms with E-state index in [1.165, 1.54) is 9.71 Å². The Morgan fingerprint density at radius 1 is 1.03 bits per heavy atom. The number of likely N-dealkylation sites (tertiary alicyclic amines) is 1. The van der Waals surface area contributed by atoms with Crippen molar-refractivity contribution in [2.75, 3.05) is 13.1 Å². The summed E-state index contributed by atoms with van der Waals surface area (Å²) >= 11 is 1.78. The highest BCUT2D eigenvalue weighted by Crippen LogP contribution is 2.34. The molecule has 146 valence electrons. The van der Waals surface area contributed by atoms with Crippen molar-refractivity contribution < 1.29 is 4.79 Å². The van der Waals surface area contributed by atoms with Crippen LogP contribution in [0.1, 0.15) is 39.9 Å². The summed E-state index contributed by atoms with van der Waals surface area (Å²) < 4.78 is 3.07.